The van der Waals surface area contributed by atoms with Gasteiger partial charge in [0.25, 0.3) is 5.91 Å². The van der Waals surface area contributed by atoms with Crippen molar-refractivity contribution in [3.05, 3.63) is 59.7 Å². The summed E-state index contributed by atoms with van der Waals surface area (Å²) in [5.74, 6) is -1.26. The van der Waals surface area contributed by atoms with Crippen LogP contribution in [-0.4, -0.2) is 30.4 Å². The van der Waals surface area contributed by atoms with Crippen LogP contribution in [0.1, 0.15) is 29.3 Å². The van der Waals surface area contributed by atoms with Gasteiger partial charge in [0.2, 0.25) is 5.91 Å². The monoisotopic (exact) mass is 363 g/mol. The summed E-state index contributed by atoms with van der Waals surface area (Å²) in [7, 11) is 0. The molecular formula is C20H17N3O4. The number of para-hydroxylation sites is 2. The number of carbonyl (C=O) groups excluding carboxylic acids is 3. The van der Waals surface area contributed by atoms with Crippen LogP contribution in [0, 0.1) is 11.3 Å². The van der Waals surface area contributed by atoms with Gasteiger partial charge < -0.3 is 15.0 Å². The predicted molar refractivity (Wildman–Crippen MR) is 98.1 cm³/mol. The molecule has 1 aliphatic heterocycles. The minimum absolute atomic E-state index is 0.143. The van der Waals surface area contributed by atoms with Crippen LogP contribution in [0.15, 0.2) is 48.5 Å². The summed E-state index contributed by atoms with van der Waals surface area (Å²) >= 11 is 0. The second kappa shape index (κ2) is 7.70. The van der Waals surface area contributed by atoms with Crippen LogP contribution < -0.4 is 10.2 Å². The molecule has 1 atom stereocenters. The second-order valence-corrected chi connectivity index (χ2v) is 6.15. The molecule has 1 heterocycles. The molecule has 0 bridgehead atoms. The Balaban J connectivity index is 1.74. The number of nitrogens with one attached hydrogen (secondary N) is 1. The van der Waals surface area contributed by atoms with Gasteiger partial charge in [0.05, 0.1) is 28.6 Å². The molecule has 0 radical (unpaired) electrons. The zero-order valence-electron chi connectivity index (χ0n) is 14.6. The smallest absolute Gasteiger partial charge is 0.338 e. The number of esters is 1. The molecule has 27 heavy (non-hydrogen) atoms. The van der Waals surface area contributed by atoms with Crippen molar-refractivity contribution >= 4 is 29.2 Å². The number of rotatable bonds is 3. The summed E-state index contributed by atoms with van der Waals surface area (Å²) in [5, 5.41) is 11.6. The molecule has 1 unspecified atom stereocenters. The molecule has 2 aromatic rings. The Morgan fingerprint density at radius 3 is 2.63 bits per heavy atom. The molecule has 136 valence electrons. The largest absolute Gasteiger partial charge is 0.452 e. The molecule has 0 spiro atoms. The van der Waals surface area contributed by atoms with Gasteiger partial charge in [-0.15, -0.1) is 0 Å². The summed E-state index contributed by atoms with van der Waals surface area (Å²) < 4.78 is 5.13. The number of fused-ring (bicyclic) bond motifs is 1. The minimum atomic E-state index is -0.655. The second-order valence-electron chi connectivity index (χ2n) is 6.15. The Hall–Kier alpha value is -3.66. The van der Waals surface area contributed by atoms with E-state index < -0.39 is 18.5 Å². The van der Waals surface area contributed by atoms with Crippen LogP contribution in [0.3, 0.4) is 0 Å². The van der Waals surface area contributed by atoms with Gasteiger partial charge in [-0.25, -0.2) is 4.79 Å². The maximum Gasteiger partial charge on any atom is 0.338 e. The number of nitrogens with zero attached hydrogens (tertiary/aromatic N) is 2. The number of amides is 2. The van der Waals surface area contributed by atoms with Crippen molar-refractivity contribution in [3.8, 4) is 6.07 Å². The standard InChI is InChI=1S/C20H17N3O4/c1-13-10-18(24)22-16-4-2-3-5-17(16)23(13)19(25)12-27-20(26)15-8-6-14(11-21)7-9-15/h2-9,13H,10,12H2,1H3,(H,22,24). The van der Waals surface area contributed by atoms with Crippen LogP contribution in [-0.2, 0) is 14.3 Å². The van der Waals surface area contributed by atoms with Crippen molar-refractivity contribution in [3.63, 3.8) is 0 Å². The van der Waals surface area contributed by atoms with Crippen molar-refractivity contribution in [1.82, 2.24) is 0 Å². The first kappa shape index (κ1) is 18.1. The Labute approximate surface area is 156 Å². The topological polar surface area (TPSA) is 99.5 Å². The highest BCUT2D eigenvalue weighted by molar-refractivity contribution is 6.05. The first-order chi connectivity index (χ1) is 13.0. The van der Waals surface area contributed by atoms with Gasteiger partial charge in [0.1, 0.15) is 0 Å². The molecule has 7 nitrogen and oxygen atoms in total. The minimum Gasteiger partial charge on any atom is -0.452 e. The number of carbonyl (C=O) groups is 3. The molecule has 0 aliphatic carbocycles. The molecule has 1 aliphatic rings. The lowest BCUT2D eigenvalue weighted by molar-refractivity contribution is -0.122. The van der Waals surface area contributed by atoms with Crippen molar-refractivity contribution in [2.24, 2.45) is 0 Å². The van der Waals surface area contributed by atoms with Gasteiger partial charge in [0.15, 0.2) is 6.61 Å². The summed E-state index contributed by atoms with van der Waals surface area (Å²) in [4.78, 5) is 38.3. The quantitative estimate of drug-likeness (QED) is 0.845. The fourth-order valence-corrected chi connectivity index (χ4v) is 2.93. The Kier molecular flexibility index (Phi) is 5.18. The van der Waals surface area contributed by atoms with Crippen molar-refractivity contribution in [2.45, 2.75) is 19.4 Å². The number of nitriles is 1. The van der Waals surface area contributed by atoms with E-state index >= 15 is 0 Å². The van der Waals surface area contributed by atoms with Crippen LogP contribution in [0.5, 0.6) is 0 Å². The maximum atomic E-state index is 12.7. The summed E-state index contributed by atoms with van der Waals surface area (Å²) in [6.45, 7) is 1.31. The summed E-state index contributed by atoms with van der Waals surface area (Å²) in [5.41, 5.74) is 1.78. The van der Waals surface area contributed by atoms with E-state index in [4.69, 9.17) is 10.00 Å². The zero-order chi connectivity index (χ0) is 19.4. The number of hydrogen-bond donors (Lipinski definition) is 1. The molecular weight excluding hydrogens is 346 g/mol. The van der Waals surface area contributed by atoms with Crippen LogP contribution in [0.4, 0.5) is 11.4 Å². The van der Waals surface area contributed by atoms with Crippen molar-refractivity contribution in [1.29, 1.82) is 5.26 Å². The molecule has 2 aromatic carbocycles. The molecule has 2 amide bonds. The lowest BCUT2D eigenvalue weighted by atomic mass is 10.1. The van der Waals surface area contributed by atoms with Gasteiger partial charge in [-0.05, 0) is 43.3 Å². The highest BCUT2D eigenvalue weighted by Crippen LogP contribution is 2.31. The zero-order valence-corrected chi connectivity index (χ0v) is 14.6. The number of ether oxygens (including phenoxy) is 1. The average molecular weight is 363 g/mol. The molecule has 0 saturated heterocycles. The molecule has 0 saturated carbocycles. The number of benzene rings is 2. The maximum absolute atomic E-state index is 12.7. The van der Waals surface area contributed by atoms with Gasteiger partial charge in [0, 0.05) is 12.5 Å². The van der Waals surface area contributed by atoms with Crippen molar-refractivity contribution < 1.29 is 19.1 Å². The van der Waals surface area contributed by atoms with E-state index in [0.717, 1.165) is 0 Å². The predicted octanol–water partition coefficient (Wildman–Crippen LogP) is 2.48. The summed E-state index contributed by atoms with van der Waals surface area (Å²) in [6.07, 6.45) is 0.143. The first-order valence-electron chi connectivity index (χ1n) is 8.38. The van der Waals surface area contributed by atoms with E-state index in [1.165, 1.54) is 29.2 Å². The molecule has 1 N–H and O–H groups in total. The first-order valence-corrected chi connectivity index (χ1v) is 8.38. The lowest BCUT2D eigenvalue weighted by Gasteiger charge is -2.27. The third kappa shape index (κ3) is 3.96. The van der Waals surface area contributed by atoms with E-state index in [0.29, 0.717) is 16.9 Å². The highest BCUT2D eigenvalue weighted by Gasteiger charge is 2.30. The van der Waals surface area contributed by atoms with Gasteiger partial charge in [-0.1, -0.05) is 12.1 Å². The van der Waals surface area contributed by atoms with Gasteiger partial charge in [-0.2, -0.15) is 5.26 Å². The average Bonchev–Trinajstić information content (AvgIpc) is 2.80. The third-order valence-corrected chi connectivity index (χ3v) is 4.20. The molecule has 3 rings (SSSR count). The number of hydrogen-bond acceptors (Lipinski definition) is 5. The van der Waals surface area contributed by atoms with E-state index in [-0.39, 0.29) is 23.9 Å². The molecule has 0 aromatic heterocycles. The van der Waals surface area contributed by atoms with E-state index in [1.807, 2.05) is 6.07 Å². The van der Waals surface area contributed by atoms with E-state index in [2.05, 4.69) is 5.32 Å². The van der Waals surface area contributed by atoms with Gasteiger partial charge >= 0.3 is 5.97 Å². The Morgan fingerprint density at radius 1 is 1.22 bits per heavy atom. The van der Waals surface area contributed by atoms with Crippen molar-refractivity contribution in [2.75, 3.05) is 16.8 Å². The SMILES string of the molecule is CC1CC(=O)Nc2ccccc2N1C(=O)COC(=O)c1ccc(C#N)cc1. The Morgan fingerprint density at radius 2 is 1.93 bits per heavy atom. The van der Waals surface area contributed by atoms with E-state index in [9.17, 15) is 14.4 Å². The number of anilines is 2. The third-order valence-electron chi connectivity index (χ3n) is 4.20. The van der Waals surface area contributed by atoms with Gasteiger partial charge in [-0.3, -0.25) is 9.59 Å². The fourth-order valence-electron chi connectivity index (χ4n) is 2.93. The fraction of sp³-hybridized carbons (Fsp3) is 0.200. The normalized spacial score (nSPS) is 15.8. The highest BCUT2D eigenvalue weighted by atomic mass is 16.5. The lowest BCUT2D eigenvalue weighted by Crippen LogP contribution is -2.41. The van der Waals surface area contributed by atoms with Crippen LogP contribution >= 0.6 is 0 Å². The Bertz CT molecular complexity index is 931. The van der Waals surface area contributed by atoms with Crippen LogP contribution in [0.25, 0.3) is 0 Å². The summed E-state index contributed by atoms with van der Waals surface area (Å²) in [6, 6.07) is 14.5. The molecule has 0 fully saturated rings. The van der Waals surface area contributed by atoms with E-state index in [1.54, 1.807) is 31.2 Å². The molecule has 7 heteroatoms. The van der Waals surface area contributed by atoms with Crippen LogP contribution in [0.2, 0.25) is 0 Å².